The maximum Gasteiger partial charge on any atom is 0.220 e. The topological polar surface area (TPSA) is 148 Å². The molecule has 9 unspecified atom stereocenters. The van der Waals surface area contributed by atoms with Crippen LogP contribution in [0.15, 0.2) is 212 Å². The van der Waals surface area contributed by atoms with Gasteiger partial charge < -0.3 is 61.9 Å². The number of rotatable bonds is 38. The normalized spacial score (nSPS) is 30.9. The molecule has 7 aromatic rings. The van der Waals surface area contributed by atoms with Gasteiger partial charge in [0.1, 0.15) is 47.8 Å². The minimum absolute atomic E-state index is 0.127. The molecule has 8 aliphatic rings. The summed E-state index contributed by atoms with van der Waals surface area (Å²) in [7, 11) is 2.96. The van der Waals surface area contributed by atoms with Crippen molar-refractivity contribution in [3.8, 4) is 0 Å². The van der Waals surface area contributed by atoms with E-state index >= 15 is 0 Å². The van der Waals surface area contributed by atoms with E-state index in [1.165, 1.54) is 130 Å². The van der Waals surface area contributed by atoms with E-state index in [9.17, 15) is 9.90 Å². The summed E-state index contributed by atoms with van der Waals surface area (Å²) in [6.45, 7) is 39.1. The first kappa shape index (κ1) is 104. The maximum absolute atomic E-state index is 12.4. The highest BCUT2D eigenvalue weighted by Crippen LogP contribution is 2.60. The molecule has 14 nitrogen and oxygen atoms in total. The molecule has 23 atom stereocenters. The third-order valence-corrected chi connectivity index (χ3v) is 29.7. The Balaban J connectivity index is 0.000000164. The molecule has 1 N–H and O–H groups in total. The lowest BCUT2D eigenvalue weighted by atomic mass is 9.79. The van der Waals surface area contributed by atoms with E-state index in [-0.39, 0.29) is 30.7 Å². The van der Waals surface area contributed by atoms with Crippen LogP contribution in [0.25, 0.3) is 0 Å². The van der Waals surface area contributed by atoms with Crippen LogP contribution in [0.3, 0.4) is 0 Å². The van der Waals surface area contributed by atoms with Crippen molar-refractivity contribution >= 4 is 5.78 Å². The minimum Gasteiger partial charge on any atom is -0.382 e. The monoisotopic (exact) mass is 1760 g/mol. The molecule has 8 fully saturated rings. The Hall–Kier alpha value is -6.31. The molecule has 0 bridgehead atoms. The summed E-state index contributed by atoms with van der Waals surface area (Å²) >= 11 is 0. The van der Waals surface area contributed by atoms with Crippen molar-refractivity contribution in [3.63, 3.8) is 0 Å². The van der Waals surface area contributed by atoms with Gasteiger partial charge in [0.05, 0.1) is 72.2 Å². The average molecular weight is 1760 g/mol. The molecule has 7 aromatic carbocycles. The lowest BCUT2D eigenvalue weighted by Crippen LogP contribution is -2.49. The van der Waals surface area contributed by atoms with Crippen molar-refractivity contribution in [2.24, 2.45) is 81.8 Å². The van der Waals surface area contributed by atoms with E-state index in [2.05, 4.69) is 133 Å². The molecule has 706 valence electrons. The first-order valence-corrected chi connectivity index (χ1v) is 49.7. The summed E-state index contributed by atoms with van der Waals surface area (Å²) in [5.41, 5.74) is 7.04. The molecule has 3 saturated heterocycles. The van der Waals surface area contributed by atoms with Crippen molar-refractivity contribution in [2.45, 2.75) is 339 Å². The molecule has 14 heteroatoms. The number of carbonyl (C=O) groups excluding carboxylic acids is 1. The molecule has 5 aliphatic carbocycles. The fourth-order valence-electron chi connectivity index (χ4n) is 22.9. The Morgan fingerprint density at radius 3 is 1.17 bits per heavy atom. The SMILES string of the molecule is CC1O[C@H](COCc2ccccc2)[C@@H](OCc2ccccc2)[C@]1(C)OCc1ccccc1.CCCC[C@H]1CC(CC)C(C)[C@@H]1CCC.CCCC[C@H]1CC2CC(C)(C)CC2[C@@H]1CCC.CC[C@H]1CC2CC(C)(C)CC2[C@@H]1C.COC1O[C@H](COCc2ccccc2)[C@@H](OCc2ccccc2)C1=O.COC1O[C@H](COCc2ccccc2)[C@@H](OCc2ccccc2)[C@]1(C)O. The van der Waals surface area contributed by atoms with Crippen molar-refractivity contribution in [1.82, 2.24) is 0 Å². The van der Waals surface area contributed by atoms with Crippen LogP contribution < -0.4 is 0 Å². The molecule has 3 heterocycles. The number of carbonyl (C=O) groups is 1. The molecule has 3 aliphatic heterocycles. The first-order valence-electron chi connectivity index (χ1n) is 49.7. The summed E-state index contributed by atoms with van der Waals surface area (Å²) < 4.78 is 70.5. The molecule has 0 amide bonds. The number of hydrogen-bond acceptors (Lipinski definition) is 14. The lowest BCUT2D eigenvalue weighted by molar-refractivity contribution is -0.190. The van der Waals surface area contributed by atoms with Crippen molar-refractivity contribution in [2.75, 3.05) is 34.0 Å². The molecule has 15 rings (SSSR count). The molecule has 5 saturated carbocycles. The second kappa shape index (κ2) is 53.0. The van der Waals surface area contributed by atoms with Gasteiger partial charge in [0, 0.05) is 14.2 Å². The van der Waals surface area contributed by atoms with Crippen LogP contribution in [0.4, 0.5) is 0 Å². The van der Waals surface area contributed by atoms with Crippen LogP contribution in [0.5, 0.6) is 0 Å². The van der Waals surface area contributed by atoms with E-state index in [0.29, 0.717) is 70.3 Å². The molecule has 128 heavy (non-hydrogen) atoms. The van der Waals surface area contributed by atoms with Gasteiger partial charge in [-0.1, -0.05) is 372 Å². The number of benzene rings is 7. The van der Waals surface area contributed by atoms with Crippen LogP contribution in [-0.2, 0) is 108 Å². The summed E-state index contributed by atoms with van der Waals surface area (Å²) in [6.07, 6.45) is 23.6. The highest BCUT2D eigenvalue weighted by molar-refractivity contribution is 5.88. The minimum atomic E-state index is -1.26. The Morgan fingerprint density at radius 2 is 0.750 bits per heavy atom. The van der Waals surface area contributed by atoms with Gasteiger partial charge in [-0.3, -0.25) is 4.79 Å². The van der Waals surface area contributed by atoms with Crippen LogP contribution >= 0.6 is 0 Å². The maximum atomic E-state index is 12.4. The zero-order chi connectivity index (χ0) is 91.5. The van der Waals surface area contributed by atoms with E-state index in [1.54, 1.807) is 13.3 Å². The number of hydrogen-bond donors (Lipinski definition) is 1. The van der Waals surface area contributed by atoms with Crippen LogP contribution in [0.1, 0.15) is 265 Å². The zero-order valence-corrected chi connectivity index (χ0v) is 81.6. The number of ketones is 1. The van der Waals surface area contributed by atoms with Crippen LogP contribution in [-0.4, -0.2) is 111 Å². The summed E-state index contributed by atoms with van der Waals surface area (Å²) in [6, 6.07) is 69.9. The Bertz CT molecular complexity index is 4120. The summed E-state index contributed by atoms with van der Waals surface area (Å²) in [5, 5.41) is 10.8. The molecular formula is C114H166O14. The summed E-state index contributed by atoms with van der Waals surface area (Å²) in [4.78, 5) is 12.4. The first-order chi connectivity index (χ1) is 61.9. The second-order valence-corrected chi connectivity index (χ2v) is 40.5. The fraction of sp³-hybridized carbons (Fsp3) is 0.623. The lowest BCUT2D eigenvalue weighted by Gasteiger charge is -2.34. The van der Waals surface area contributed by atoms with Gasteiger partial charge in [0.15, 0.2) is 6.29 Å². The number of aliphatic hydroxyl groups is 1. The number of fused-ring (bicyclic) bond motifs is 2. The fourth-order valence-corrected chi connectivity index (χ4v) is 22.9. The zero-order valence-electron chi connectivity index (χ0n) is 81.6. The third-order valence-electron chi connectivity index (χ3n) is 29.7. The van der Waals surface area contributed by atoms with Gasteiger partial charge in [-0.25, -0.2) is 0 Å². The summed E-state index contributed by atoms with van der Waals surface area (Å²) in [5.74, 6) is 12.5. The molecule has 0 spiro atoms. The van der Waals surface area contributed by atoms with Gasteiger partial charge in [-0.2, -0.15) is 0 Å². The van der Waals surface area contributed by atoms with Crippen molar-refractivity contribution in [1.29, 1.82) is 0 Å². The van der Waals surface area contributed by atoms with E-state index in [1.807, 2.05) is 176 Å². The number of unbranched alkanes of at least 4 members (excludes halogenated alkanes) is 2. The average Bonchev–Trinajstić information content (AvgIpc) is 1.62. The Labute approximate surface area is 773 Å². The predicted molar refractivity (Wildman–Crippen MR) is 517 cm³/mol. The van der Waals surface area contributed by atoms with E-state index in [4.69, 9.17) is 56.8 Å². The Morgan fingerprint density at radius 1 is 0.375 bits per heavy atom. The molecule has 0 radical (unpaired) electrons. The second-order valence-electron chi connectivity index (χ2n) is 40.5. The third kappa shape index (κ3) is 30.6. The van der Waals surface area contributed by atoms with Crippen molar-refractivity contribution in [3.05, 3.63) is 251 Å². The standard InChI is InChI=1S/C28H32O4.C21H26O5.C20H22O5.C17H32.C15H30.C13H24/c1-22-28(2,31-20-25-16-10-5-11-17-25)27(30-19-24-14-8-4-9-15-24)26(32-22)21-29-18-23-12-6-3-7-13-23;1-21(22)19(25-14-17-11-7-4-8-12-17)18(26-20(21)23-2)15-24-13-16-9-5-3-6-10-16;1-22-20-18(21)19(24-13-16-10-6-3-7-11-16)17(25-20)14-23-12-15-8-4-2-5-9-15;1-5-7-9-13-10-14-11-17(3,4)12-16(14)15(13)8-6-2;1-5-8-10-14-11-13(7-3)12(4)15(14)9-6-2;1-5-10-6-11-7-13(3,4)8-12(11)9(10)2/h3-17,22,26-27H,18-21H2,1-2H3;3-12,18-20,22H,13-15H2,1-2H3;2-11,17,19-20H,12-14H2,1H3;13-16H,5-12H2,1-4H3;12-15H,5-11H2,1-4H3;9-12H,5-8H2,1-4H3/t22?,26-,27-,28-;18-,19-,20?,21+;17-,19-,20?;13-,14?,15+,16?;12?,13?,14-,15-;9-,10+,11?,12?/m111001/s1. The largest absolute Gasteiger partial charge is 0.382 e. The predicted octanol–water partition coefficient (Wildman–Crippen LogP) is 26.2. The van der Waals surface area contributed by atoms with E-state index in [0.717, 1.165) is 110 Å². The van der Waals surface area contributed by atoms with Crippen molar-refractivity contribution < 1.29 is 66.7 Å². The highest BCUT2D eigenvalue weighted by Gasteiger charge is 2.56. The van der Waals surface area contributed by atoms with Crippen LogP contribution in [0.2, 0.25) is 0 Å². The highest BCUT2D eigenvalue weighted by atomic mass is 16.7. The number of Topliss-reactive ketones (excluding diaryl/α,β-unsaturated/α-hetero) is 1. The van der Waals surface area contributed by atoms with Gasteiger partial charge in [-0.15, -0.1) is 0 Å². The van der Waals surface area contributed by atoms with Gasteiger partial charge in [0.2, 0.25) is 12.1 Å². The number of ether oxygens (including phenoxy) is 12. The van der Waals surface area contributed by atoms with Gasteiger partial charge in [-0.05, 0) is 187 Å². The van der Waals surface area contributed by atoms with E-state index < -0.39 is 48.2 Å². The number of methoxy groups -OCH3 is 2. The smallest absolute Gasteiger partial charge is 0.220 e. The molecular weight excluding hydrogens is 1590 g/mol. The van der Waals surface area contributed by atoms with Gasteiger partial charge in [0.25, 0.3) is 0 Å². The molecule has 0 aromatic heterocycles. The quantitative estimate of drug-likeness (QED) is 0.0391. The Kier molecular flexibility index (Phi) is 42.9. The van der Waals surface area contributed by atoms with Crippen LogP contribution in [0, 0.1) is 81.8 Å². The van der Waals surface area contributed by atoms with Gasteiger partial charge >= 0.3 is 0 Å².